The normalized spacial score (nSPS) is 10.8. The molecule has 5 nitrogen and oxygen atoms in total. The fourth-order valence-electron chi connectivity index (χ4n) is 1.80. The third-order valence-electron chi connectivity index (χ3n) is 2.89. The predicted octanol–water partition coefficient (Wildman–Crippen LogP) is 3.05. The van der Waals surface area contributed by atoms with Gasteiger partial charge in [0.25, 0.3) is 0 Å². The van der Waals surface area contributed by atoms with Crippen LogP contribution in [0.2, 0.25) is 0 Å². The number of rotatable bonds is 8. The van der Waals surface area contributed by atoms with Gasteiger partial charge in [-0.1, -0.05) is 17.7 Å². The number of nitrogens with one attached hydrogen (secondary N) is 1. The molecule has 1 aromatic rings. The lowest BCUT2D eigenvalue weighted by atomic mass is 10.2. The maximum atomic E-state index is 4.79. The Bertz CT molecular complexity index is 379. The summed E-state index contributed by atoms with van der Waals surface area (Å²) in [5.74, 6) is 0.881. The first kappa shape index (κ1) is 18.9. The molecule has 0 fully saturated rings. The van der Waals surface area contributed by atoms with Crippen LogP contribution in [-0.4, -0.2) is 36.7 Å². The highest BCUT2D eigenvalue weighted by Crippen LogP contribution is 2.02. The highest BCUT2D eigenvalue weighted by Gasteiger charge is 2.05. The van der Waals surface area contributed by atoms with Crippen molar-refractivity contribution in [2.45, 2.75) is 32.2 Å². The summed E-state index contributed by atoms with van der Waals surface area (Å²) in [6.07, 6.45) is 8.24. The summed E-state index contributed by atoms with van der Waals surface area (Å²) in [5, 5.41) is 7.12. The molecule has 0 aliphatic rings. The summed E-state index contributed by atoms with van der Waals surface area (Å²) in [6.45, 7) is 5.36. The van der Waals surface area contributed by atoms with Crippen LogP contribution in [0, 0.1) is 0 Å². The number of halogens is 1. The van der Waals surface area contributed by atoms with Gasteiger partial charge in [0.05, 0.1) is 6.54 Å². The highest BCUT2D eigenvalue weighted by molar-refractivity contribution is 14.0. The standard InChI is InChI=1S/C14H24N4O.HI/c1-4-5-6-7-8-10-18(3)14(15-2)16-12-13-9-11-19-17-13;/h4,9,11H,1,5-8,10,12H2,2-3H3,(H,15,16);1H. The van der Waals surface area contributed by atoms with Gasteiger partial charge in [-0.25, -0.2) is 0 Å². The molecule has 6 heteroatoms. The second-order valence-corrected chi connectivity index (χ2v) is 4.45. The van der Waals surface area contributed by atoms with E-state index in [2.05, 4.69) is 26.9 Å². The molecule has 0 bridgehead atoms. The summed E-state index contributed by atoms with van der Waals surface area (Å²) < 4.78 is 4.79. The lowest BCUT2D eigenvalue weighted by Gasteiger charge is -2.21. The average Bonchev–Trinajstić information content (AvgIpc) is 2.92. The minimum atomic E-state index is 0. The molecule has 0 spiro atoms. The van der Waals surface area contributed by atoms with Crippen LogP contribution in [0.1, 0.15) is 31.4 Å². The Morgan fingerprint density at radius 2 is 2.30 bits per heavy atom. The summed E-state index contributed by atoms with van der Waals surface area (Å²) in [7, 11) is 3.84. The van der Waals surface area contributed by atoms with Crippen molar-refractivity contribution in [3.8, 4) is 0 Å². The molecule has 1 heterocycles. The molecule has 1 aromatic heterocycles. The molecule has 0 saturated carbocycles. The van der Waals surface area contributed by atoms with Crippen molar-refractivity contribution in [2.75, 3.05) is 20.6 Å². The van der Waals surface area contributed by atoms with Gasteiger partial charge in [0, 0.05) is 26.7 Å². The summed E-state index contributed by atoms with van der Waals surface area (Å²) >= 11 is 0. The monoisotopic (exact) mass is 392 g/mol. The number of unbranched alkanes of at least 4 members (excludes halogenated alkanes) is 3. The third-order valence-corrected chi connectivity index (χ3v) is 2.89. The van der Waals surface area contributed by atoms with Crippen LogP contribution in [0.3, 0.4) is 0 Å². The summed E-state index contributed by atoms with van der Waals surface area (Å²) in [4.78, 5) is 6.39. The van der Waals surface area contributed by atoms with E-state index in [1.165, 1.54) is 12.8 Å². The van der Waals surface area contributed by atoms with E-state index in [9.17, 15) is 0 Å². The number of aliphatic imine (C=N–C) groups is 1. The van der Waals surface area contributed by atoms with Crippen LogP contribution >= 0.6 is 24.0 Å². The van der Waals surface area contributed by atoms with E-state index in [-0.39, 0.29) is 24.0 Å². The van der Waals surface area contributed by atoms with Gasteiger partial charge >= 0.3 is 0 Å². The zero-order valence-corrected chi connectivity index (χ0v) is 14.7. The first-order chi connectivity index (χ1) is 9.27. The Labute approximate surface area is 138 Å². The smallest absolute Gasteiger partial charge is 0.193 e. The minimum absolute atomic E-state index is 0. The molecule has 114 valence electrons. The molecule has 0 radical (unpaired) electrons. The van der Waals surface area contributed by atoms with E-state index in [4.69, 9.17) is 4.52 Å². The van der Waals surface area contributed by atoms with Crippen LogP contribution in [0.5, 0.6) is 0 Å². The van der Waals surface area contributed by atoms with Gasteiger partial charge in [0.15, 0.2) is 5.96 Å². The molecule has 0 amide bonds. The lowest BCUT2D eigenvalue weighted by Crippen LogP contribution is -2.39. The molecule has 0 aliphatic heterocycles. The van der Waals surface area contributed by atoms with Gasteiger partial charge in [-0.2, -0.15) is 0 Å². The molecule has 0 atom stereocenters. The zero-order chi connectivity index (χ0) is 13.9. The lowest BCUT2D eigenvalue weighted by molar-refractivity contribution is 0.408. The van der Waals surface area contributed by atoms with E-state index in [1.54, 1.807) is 13.3 Å². The fourth-order valence-corrected chi connectivity index (χ4v) is 1.80. The van der Waals surface area contributed by atoms with Crippen molar-refractivity contribution >= 4 is 29.9 Å². The number of hydrogen-bond donors (Lipinski definition) is 1. The summed E-state index contributed by atoms with van der Waals surface area (Å²) in [5.41, 5.74) is 0.875. The molecule has 0 saturated heterocycles. The second kappa shape index (κ2) is 11.7. The van der Waals surface area contributed by atoms with Crippen LogP contribution in [0.4, 0.5) is 0 Å². The minimum Gasteiger partial charge on any atom is -0.364 e. The van der Waals surface area contributed by atoms with Crippen LogP contribution < -0.4 is 5.32 Å². The van der Waals surface area contributed by atoms with E-state index in [0.29, 0.717) is 6.54 Å². The Hall–Kier alpha value is -1.05. The van der Waals surface area contributed by atoms with Gasteiger partial charge in [0.2, 0.25) is 0 Å². The molecular formula is C14H25IN4O. The van der Waals surface area contributed by atoms with Gasteiger partial charge in [-0.3, -0.25) is 4.99 Å². The van der Waals surface area contributed by atoms with Crippen molar-refractivity contribution in [3.63, 3.8) is 0 Å². The molecule has 0 aromatic carbocycles. The second-order valence-electron chi connectivity index (χ2n) is 4.45. The van der Waals surface area contributed by atoms with E-state index in [0.717, 1.165) is 31.0 Å². The molecule has 1 rings (SSSR count). The Balaban J connectivity index is 0.00000361. The highest BCUT2D eigenvalue weighted by atomic mass is 127. The molecule has 0 aliphatic carbocycles. The molecule has 20 heavy (non-hydrogen) atoms. The van der Waals surface area contributed by atoms with E-state index < -0.39 is 0 Å². The Morgan fingerprint density at radius 1 is 1.50 bits per heavy atom. The third kappa shape index (κ3) is 7.52. The van der Waals surface area contributed by atoms with E-state index in [1.807, 2.05) is 19.2 Å². The predicted molar refractivity (Wildman–Crippen MR) is 93.4 cm³/mol. The van der Waals surface area contributed by atoms with Crippen molar-refractivity contribution in [1.82, 2.24) is 15.4 Å². The fraction of sp³-hybridized carbons (Fsp3) is 0.571. The number of hydrogen-bond acceptors (Lipinski definition) is 3. The summed E-state index contributed by atoms with van der Waals surface area (Å²) in [6, 6.07) is 1.84. The van der Waals surface area contributed by atoms with Gasteiger partial charge in [0.1, 0.15) is 12.0 Å². The average molecular weight is 392 g/mol. The number of guanidine groups is 1. The molecule has 1 N–H and O–H groups in total. The maximum absolute atomic E-state index is 4.79. The first-order valence-electron chi connectivity index (χ1n) is 6.70. The molecule has 0 unspecified atom stereocenters. The number of allylic oxidation sites excluding steroid dienone is 1. The van der Waals surface area contributed by atoms with Crippen molar-refractivity contribution in [2.24, 2.45) is 4.99 Å². The number of aromatic nitrogens is 1. The van der Waals surface area contributed by atoms with E-state index >= 15 is 0 Å². The van der Waals surface area contributed by atoms with Crippen LogP contribution in [0.25, 0.3) is 0 Å². The Kier molecular flexibility index (Phi) is 11.1. The molecular weight excluding hydrogens is 367 g/mol. The number of nitrogens with zero attached hydrogens (tertiary/aromatic N) is 3. The Morgan fingerprint density at radius 3 is 2.90 bits per heavy atom. The van der Waals surface area contributed by atoms with Crippen molar-refractivity contribution in [3.05, 3.63) is 30.7 Å². The van der Waals surface area contributed by atoms with Crippen LogP contribution in [-0.2, 0) is 6.54 Å². The van der Waals surface area contributed by atoms with Gasteiger partial charge in [-0.15, -0.1) is 30.6 Å². The largest absolute Gasteiger partial charge is 0.364 e. The SMILES string of the molecule is C=CCCCCCN(C)C(=NC)NCc1ccon1.I. The van der Waals surface area contributed by atoms with Crippen LogP contribution in [0.15, 0.2) is 34.5 Å². The van der Waals surface area contributed by atoms with Crippen molar-refractivity contribution < 1.29 is 4.52 Å². The van der Waals surface area contributed by atoms with Gasteiger partial charge in [-0.05, 0) is 19.3 Å². The first-order valence-corrected chi connectivity index (χ1v) is 6.70. The van der Waals surface area contributed by atoms with Gasteiger partial charge < -0.3 is 14.7 Å². The zero-order valence-electron chi connectivity index (χ0n) is 12.3. The topological polar surface area (TPSA) is 53.7 Å². The quantitative estimate of drug-likeness (QED) is 0.243. The maximum Gasteiger partial charge on any atom is 0.193 e. The van der Waals surface area contributed by atoms with Crippen molar-refractivity contribution in [1.29, 1.82) is 0 Å².